The fourth-order valence-electron chi connectivity index (χ4n) is 1.86. The van der Waals surface area contributed by atoms with Crippen LogP contribution < -0.4 is 5.73 Å². The number of Topliss-reactive ketones (excluding diaryl/α,β-unsaturated/α-hetero) is 1. The monoisotopic (exact) mass is 258 g/mol. The molecule has 2 aromatic rings. The van der Waals surface area contributed by atoms with Gasteiger partial charge in [0.05, 0.1) is 6.20 Å². The summed E-state index contributed by atoms with van der Waals surface area (Å²) in [6.07, 6.45) is 3.26. The van der Waals surface area contributed by atoms with Crippen LogP contribution in [0.3, 0.4) is 0 Å². The normalized spacial score (nSPS) is 12.1. The number of carbonyl (C=O) groups excluding carboxylic acids is 1. The number of nitrogens with two attached hydrogens (primary N) is 1. The number of hydrogen-bond donors (Lipinski definition) is 1. The highest BCUT2D eigenvalue weighted by Crippen LogP contribution is 2.17. The molecular weight excluding hydrogens is 243 g/mol. The van der Waals surface area contributed by atoms with Crippen molar-refractivity contribution in [3.8, 4) is 0 Å². The quantitative estimate of drug-likeness (QED) is 0.839. The number of hydrogen-bond acceptors (Lipinski definition) is 3. The molecule has 1 aromatic carbocycles. The van der Waals surface area contributed by atoms with Gasteiger partial charge in [0.2, 0.25) is 0 Å². The van der Waals surface area contributed by atoms with E-state index in [1.54, 1.807) is 0 Å². The summed E-state index contributed by atoms with van der Waals surface area (Å²) in [6, 6.07) is 10.6. The van der Waals surface area contributed by atoms with Crippen molar-refractivity contribution in [2.45, 2.75) is 18.9 Å². The van der Waals surface area contributed by atoms with Crippen molar-refractivity contribution in [3.05, 3.63) is 65.7 Å². The Balaban J connectivity index is 1.94. The average molecular weight is 258 g/mol. The fourth-order valence-corrected chi connectivity index (χ4v) is 1.86. The maximum atomic E-state index is 13.0. The first-order valence-electron chi connectivity index (χ1n) is 6.11. The van der Waals surface area contributed by atoms with E-state index < -0.39 is 5.82 Å². The number of ketones is 1. The molecule has 0 aliphatic rings. The molecule has 0 radical (unpaired) electrons. The van der Waals surface area contributed by atoms with Gasteiger partial charge >= 0.3 is 0 Å². The Morgan fingerprint density at radius 2 is 2.00 bits per heavy atom. The summed E-state index contributed by atoms with van der Waals surface area (Å²) in [5.74, 6) is -0.642. The van der Waals surface area contributed by atoms with E-state index in [1.165, 1.54) is 12.3 Å². The van der Waals surface area contributed by atoms with Crippen LogP contribution in [-0.2, 0) is 0 Å². The summed E-state index contributed by atoms with van der Waals surface area (Å²) in [6.45, 7) is 0. The second-order valence-electron chi connectivity index (χ2n) is 4.37. The smallest absolute Gasteiger partial charge is 0.164 e. The second-order valence-corrected chi connectivity index (χ2v) is 4.37. The van der Waals surface area contributed by atoms with Gasteiger partial charge in [-0.2, -0.15) is 0 Å². The minimum Gasteiger partial charge on any atom is -0.324 e. The lowest BCUT2D eigenvalue weighted by molar-refractivity contribution is 0.0976. The lowest BCUT2D eigenvalue weighted by Gasteiger charge is -2.11. The van der Waals surface area contributed by atoms with Crippen LogP contribution in [0.2, 0.25) is 0 Å². The molecule has 2 N–H and O–H groups in total. The van der Waals surface area contributed by atoms with Crippen LogP contribution in [0, 0.1) is 5.82 Å². The topological polar surface area (TPSA) is 56.0 Å². The molecule has 0 aliphatic carbocycles. The molecule has 19 heavy (non-hydrogen) atoms. The molecule has 4 heteroatoms. The van der Waals surface area contributed by atoms with Gasteiger partial charge < -0.3 is 5.73 Å². The molecular formula is C15H15FN2O. The second kappa shape index (κ2) is 6.20. The number of nitrogens with zero attached hydrogens (tertiary/aromatic N) is 1. The molecule has 3 nitrogen and oxygen atoms in total. The Morgan fingerprint density at radius 3 is 2.68 bits per heavy atom. The lowest BCUT2D eigenvalue weighted by Crippen LogP contribution is -2.12. The number of pyridine rings is 1. The highest BCUT2D eigenvalue weighted by molar-refractivity contribution is 5.95. The van der Waals surface area contributed by atoms with Gasteiger partial charge in [0.15, 0.2) is 5.78 Å². The van der Waals surface area contributed by atoms with Crippen molar-refractivity contribution in [2.75, 3.05) is 0 Å². The van der Waals surface area contributed by atoms with Crippen LogP contribution in [0.25, 0.3) is 0 Å². The summed E-state index contributed by atoms with van der Waals surface area (Å²) < 4.78 is 13.0. The SMILES string of the molecule is NC(CCC(=O)c1cncc(F)c1)c1ccccc1. The third-order valence-electron chi connectivity index (χ3n) is 2.94. The van der Waals surface area contributed by atoms with Gasteiger partial charge in [-0.15, -0.1) is 0 Å². The molecule has 1 aromatic heterocycles. The van der Waals surface area contributed by atoms with E-state index in [2.05, 4.69) is 4.98 Å². The van der Waals surface area contributed by atoms with Crippen LogP contribution >= 0.6 is 0 Å². The van der Waals surface area contributed by atoms with Crippen molar-refractivity contribution < 1.29 is 9.18 Å². The zero-order valence-electron chi connectivity index (χ0n) is 10.4. The number of halogens is 1. The van der Waals surface area contributed by atoms with E-state index in [0.717, 1.165) is 11.8 Å². The van der Waals surface area contributed by atoms with Crippen molar-refractivity contribution >= 4 is 5.78 Å². The molecule has 0 bridgehead atoms. The summed E-state index contributed by atoms with van der Waals surface area (Å²) in [5, 5.41) is 0. The van der Waals surface area contributed by atoms with Crippen molar-refractivity contribution in [1.82, 2.24) is 4.98 Å². The van der Waals surface area contributed by atoms with Gasteiger partial charge in [0.25, 0.3) is 0 Å². The number of aromatic nitrogens is 1. The summed E-state index contributed by atoms with van der Waals surface area (Å²) >= 11 is 0. The average Bonchev–Trinajstić information content (AvgIpc) is 2.45. The predicted octanol–water partition coefficient (Wildman–Crippen LogP) is 2.88. The predicted molar refractivity (Wildman–Crippen MR) is 71.1 cm³/mol. The lowest BCUT2D eigenvalue weighted by atomic mass is 10.00. The van der Waals surface area contributed by atoms with Crippen LogP contribution in [0.4, 0.5) is 4.39 Å². The van der Waals surface area contributed by atoms with Crippen molar-refractivity contribution in [1.29, 1.82) is 0 Å². The number of carbonyl (C=O) groups is 1. The minimum absolute atomic E-state index is 0.140. The summed E-state index contributed by atoms with van der Waals surface area (Å²) in [5.41, 5.74) is 7.29. The highest BCUT2D eigenvalue weighted by atomic mass is 19.1. The highest BCUT2D eigenvalue weighted by Gasteiger charge is 2.11. The van der Waals surface area contributed by atoms with Crippen LogP contribution in [0.15, 0.2) is 48.8 Å². The first kappa shape index (κ1) is 13.4. The van der Waals surface area contributed by atoms with Crippen LogP contribution in [0.5, 0.6) is 0 Å². The Labute approximate surface area is 111 Å². The Kier molecular flexibility index (Phi) is 4.36. The molecule has 0 spiro atoms. The molecule has 0 aliphatic heterocycles. The molecule has 1 unspecified atom stereocenters. The Morgan fingerprint density at radius 1 is 1.26 bits per heavy atom. The summed E-state index contributed by atoms with van der Waals surface area (Å²) in [7, 11) is 0. The van der Waals surface area contributed by atoms with E-state index >= 15 is 0 Å². The maximum absolute atomic E-state index is 13.0. The van der Waals surface area contributed by atoms with E-state index in [9.17, 15) is 9.18 Å². The Bertz CT molecular complexity index is 557. The van der Waals surface area contributed by atoms with Gasteiger partial charge in [-0.3, -0.25) is 9.78 Å². The molecule has 1 atom stereocenters. The van der Waals surface area contributed by atoms with Gasteiger partial charge in [-0.25, -0.2) is 4.39 Å². The van der Waals surface area contributed by atoms with Crippen molar-refractivity contribution in [3.63, 3.8) is 0 Å². The zero-order chi connectivity index (χ0) is 13.7. The van der Waals surface area contributed by atoms with E-state index in [0.29, 0.717) is 12.0 Å². The third-order valence-corrected chi connectivity index (χ3v) is 2.94. The van der Waals surface area contributed by atoms with Gasteiger partial charge in [-0.05, 0) is 18.1 Å². The summed E-state index contributed by atoms with van der Waals surface area (Å²) in [4.78, 5) is 15.5. The molecule has 0 saturated carbocycles. The molecule has 98 valence electrons. The van der Waals surface area contributed by atoms with E-state index in [1.807, 2.05) is 30.3 Å². The third kappa shape index (κ3) is 3.69. The minimum atomic E-state index is -0.502. The molecule has 0 fully saturated rings. The molecule has 0 saturated heterocycles. The largest absolute Gasteiger partial charge is 0.324 e. The van der Waals surface area contributed by atoms with Gasteiger partial charge in [0.1, 0.15) is 5.82 Å². The number of rotatable bonds is 5. The number of benzene rings is 1. The van der Waals surface area contributed by atoms with Gasteiger partial charge in [-0.1, -0.05) is 30.3 Å². The first-order chi connectivity index (χ1) is 9.16. The van der Waals surface area contributed by atoms with E-state index in [-0.39, 0.29) is 18.2 Å². The molecule has 2 rings (SSSR count). The first-order valence-corrected chi connectivity index (χ1v) is 6.11. The standard InChI is InChI=1S/C15H15FN2O/c16-13-8-12(9-18-10-13)15(19)7-6-14(17)11-4-2-1-3-5-11/h1-5,8-10,14H,6-7,17H2. The maximum Gasteiger partial charge on any atom is 0.164 e. The van der Waals surface area contributed by atoms with Crippen molar-refractivity contribution in [2.24, 2.45) is 5.73 Å². The molecule has 1 heterocycles. The van der Waals surface area contributed by atoms with Gasteiger partial charge in [0, 0.05) is 24.2 Å². The fraction of sp³-hybridized carbons (Fsp3) is 0.200. The zero-order valence-corrected chi connectivity index (χ0v) is 10.4. The van der Waals surface area contributed by atoms with E-state index in [4.69, 9.17) is 5.73 Å². The van der Waals surface area contributed by atoms with Crippen LogP contribution in [0.1, 0.15) is 34.8 Å². The Hall–Kier alpha value is -2.07. The molecule has 0 amide bonds. The van der Waals surface area contributed by atoms with Crippen LogP contribution in [-0.4, -0.2) is 10.8 Å².